The third-order valence-electron chi connectivity index (χ3n) is 2.52. The molecule has 0 aromatic heterocycles. The number of hydrogen-bond donors (Lipinski definition) is 2. The van der Waals surface area contributed by atoms with E-state index in [0.717, 1.165) is 17.7 Å². The third-order valence-corrected chi connectivity index (χ3v) is 2.52. The molecule has 6 heteroatoms. The zero-order valence-electron chi connectivity index (χ0n) is 11.4. The van der Waals surface area contributed by atoms with E-state index in [1.807, 2.05) is 19.1 Å². The second kappa shape index (κ2) is 8.16. The van der Waals surface area contributed by atoms with Gasteiger partial charge >= 0.3 is 11.9 Å². The summed E-state index contributed by atoms with van der Waals surface area (Å²) in [7, 11) is 0. The smallest absolute Gasteiger partial charge is 0.317 e. The van der Waals surface area contributed by atoms with E-state index in [1.54, 1.807) is 12.1 Å². The van der Waals surface area contributed by atoms with Crippen molar-refractivity contribution >= 4 is 11.9 Å². The Morgan fingerprint density at radius 1 is 1.10 bits per heavy atom. The Kier molecular flexibility index (Phi) is 6.52. The molecule has 6 nitrogen and oxygen atoms in total. The van der Waals surface area contributed by atoms with Crippen LogP contribution < -0.4 is 4.74 Å². The van der Waals surface area contributed by atoms with Crippen molar-refractivity contribution in [3.05, 3.63) is 29.8 Å². The summed E-state index contributed by atoms with van der Waals surface area (Å²) in [6, 6.07) is 7.21. The van der Waals surface area contributed by atoms with Gasteiger partial charge in [-0.2, -0.15) is 0 Å². The first kappa shape index (κ1) is 16.0. The Balaban J connectivity index is 2.62. The van der Waals surface area contributed by atoms with Gasteiger partial charge in [0.05, 0.1) is 19.7 Å². The topological polar surface area (TPSA) is 87.1 Å². The highest BCUT2D eigenvalue weighted by Crippen LogP contribution is 2.14. The van der Waals surface area contributed by atoms with Gasteiger partial charge in [-0.1, -0.05) is 19.1 Å². The molecule has 0 bridgehead atoms. The van der Waals surface area contributed by atoms with Crippen LogP contribution >= 0.6 is 0 Å². The summed E-state index contributed by atoms with van der Waals surface area (Å²) in [5.74, 6) is -1.35. The molecule has 0 aliphatic rings. The van der Waals surface area contributed by atoms with Gasteiger partial charge < -0.3 is 14.9 Å². The van der Waals surface area contributed by atoms with Crippen molar-refractivity contribution in [2.45, 2.75) is 19.9 Å². The van der Waals surface area contributed by atoms with E-state index in [1.165, 1.54) is 4.90 Å². The van der Waals surface area contributed by atoms with Crippen LogP contribution in [0.4, 0.5) is 0 Å². The predicted octanol–water partition coefficient (Wildman–Crippen LogP) is 1.45. The van der Waals surface area contributed by atoms with Crippen LogP contribution in [0.3, 0.4) is 0 Å². The minimum Gasteiger partial charge on any atom is -0.494 e. The van der Waals surface area contributed by atoms with E-state index < -0.39 is 11.9 Å². The number of nitrogens with zero attached hydrogens (tertiary/aromatic N) is 1. The van der Waals surface area contributed by atoms with Crippen LogP contribution in [0, 0.1) is 0 Å². The highest BCUT2D eigenvalue weighted by atomic mass is 16.5. The largest absolute Gasteiger partial charge is 0.494 e. The predicted molar refractivity (Wildman–Crippen MR) is 72.8 cm³/mol. The molecule has 0 saturated heterocycles. The molecule has 0 atom stereocenters. The molecule has 110 valence electrons. The van der Waals surface area contributed by atoms with Gasteiger partial charge in [0.25, 0.3) is 0 Å². The first-order valence-corrected chi connectivity index (χ1v) is 6.39. The molecule has 0 radical (unpaired) electrons. The molecule has 0 fully saturated rings. The van der Waals surface area contributed by atoms with Gasteiger partial charge in [-0.25, -0.2) is 0 Å². The van der Waals surface area contributed by atoms with Gasteiger partial charge in [-0.3, -0.25) is 14.5 Å². The van der Waals surface area contributed by atoms with Crippen molar-refractivity contribution in [1.82, 2.24) is 4.90 Å². The molecular formula is C14H19NO5. The summed E-state index contributed by atoms with van der Waals surface area (Å²) >= 11 is 0. The van der Waals surface area contributed by atoms with Crippen LogP contribution in [0.1, 0.15) is 18.9 Å². The number of carboxylic acids is 2. The van der Waals surface area contributed by atoms with Crippen LogP contribution in [0.25, 0.3) is 0 Å². The lowest BCUT2D eigenvalue weighted by molar-refractivity contribution is -0.142. The number of carbonyl (C=O) groups is 2. The fourth-order valence-corrected chi connectivity index (χ4v) is 1.72. The summed E-state index contributed by atoms with van der Waals surface area (Å²) in [5, 5.41) is 17.5. The van der Waals surface area contributed by atoms with Gasteiger partial charge in [0.15, 0.2) is 0 Å². The highest BCUT2D eigenvalue weighted by molar-refractivity contribution is 5.72. The molecule has 0 saturated carbocycles. The Bertz CT molecular complexity index is 427. The van der Waals surface area contributed by atoms with Crippen molar-refractivity contribution in [2.75, 3.05) is 19.7 Å². The molecule has 1 aromatic rings. The Hall–Kier alpha value is -2.08. The van der Waals surface area contributed by atoms with Crippen molar-refractivity contribution in [1.29, 1.82) is 0 Å². The highest BCUT2D eigenvalue weighted by Gasteiger charge is 2.13. The maximum Gasteiger partial charge on any atom is 0.317 e. The quantitative estimate of drug-likeness (QED) is 0.712. The van der Waals surface area contributed by atoms with Gasteiger partial charge in [0, 0.05) is 6.54 Å². The number of aliphatic carboxylic acids is 2. The molecule has 0 aliphatic heterocycles. The molecular weight excluding hydrogens is 262 g/mol. The first-order chi connectivity index (χ1) is 9.51. The zero-order valence-corrected chi connectivity index (χ0v) is 11.4. The van der Waals surface area contributed by atoms with Gasteiger partial charge in [0.2, 0.25) is 0 Å². The van der Waals surface area contributed by atoms with Crippen molar-refractivity contribution < 1.29 is 24.5 Å². The summed E-state index contributed by atoms with van der Waals surface area (Å²) in [6.45, 7) is 2.32. The fraction of sp³-hybridized carbons (Fsp3) is 0.429. The minimum absolute atomic E-state index is 0.270. The Morgan fingerprint density at radius 2 is 1.65 bits per heavy atom. The van der Waals surface area contributed by atoms with Crippen LogP contribution in [0.5, 0.6) is 5.75 Å². The second-order valence-corrected chi connectivity index (χ2v) is 4.43. The number of carboxylic acid groups (broad SMARTS) is 2. The number of hydrogen-bond acceptors (Lipinski definition) is 4. The van der Waals surface area contributed by atoms with E-state index in [9.17, 15) is 9.59 Å². The van der Waals surface area contributed by atoms with Crippen molar-refractivity contribution in [3.63, 3.8) is 0 Å². The summed E-state index contributed by atoms with van der Waals surface area (Å²) in [5.41, 5.74) is 0.844. The van der Waals surface area contributed by atoms with Crippen LogP contribution in [0.2, 0.25) is 0 Å². The lowest BCUT2D eigenvalue weighted by Crippen LogP contribution is -2.33. The molecule has 0 aliphatic carbocycles. The first-order valence-electron chi connectivity index (χ1n) is 6.39. The number of ether oxygens (including phenoxy) is 1. The molecule has 1 aromatic carbocycles. The second-order valence-electron chi connectivity index (χ2n) is 4.43. The normalized spacial score (nSPS) is 10.5. The average Bonchev–Trinajstić information content (AvgIpc) is 2.36. The van der Waals surface area contributed by atoms with Gasteiger partial charge in [0.1, 0.15) is 5.75 Å². The summed E-state index contributed by atoms with van der Waals surface area (Å²) in [6.07, 6.45) is 0.923. The van der Waals surface area contributed by atoms with Crippen molar-refractivity contribution in [2.24, 2.45) is 0 Å². The minimum atomic E-state index is -1.05. The molecule has 0 heterocycles. The third kappa shape index (κ3) is 6.19. The molecule has 0 amide bonds. The van der Waals surface area contributed by atoms with Crippen LogP contribution in [-0.4, -0.2) is 46.7 Å². The van der Waals surface area contributed by atoms with E-state index in [4.69, 9.17) is 14.9 Å². The average molecular weight is 281 g/mol. The maximum atomic E-state index is 10.7. The van der Waals surface area contributed by atoms with Gasteiger partial charge in [-0.05, 0) is 24.1 Å². The Morgan fingerprint density at radius 3 is 2.10 bits per heavy atom. The number of rotatable bonds is 9. The summed E-state index contributed by atoms with van der Waals surface area (Å²) < 4.78 is 5.44. The standard InChI is InChI=1S/C14H19NO5/c1-2-7-20-12-5-3-11(4-6-12)8-15(9-13(16)17)10-14(18)19/h3-6H,2,7-10H2,1H3,(H,16,17)(H,18,19). The zero-order chi connectivity index (χ0) is 15.0. The van der Waals surface area contributed by atoms with E-state index in [0.29, 0.717) is 6.61 Å². The van der Waals surface area contributed by atoms with Crippen LogP contribution in [0.15, 0.2) is 24.3 Å². The van der Waals surface area contributed by atoms with Crippen LogP contribution in [-0.2, 0) is 16.1 Å². The van der Waals surface area contributed by atoms with Crippen molar-refractivity contribution in [3.8, 4) is 5.75 Å². The lowest BCUT2D eigenvalue weighted by Gasteiger charge is -2.18. The van der Waals surface area contributed by atoms with E-state index in [2.05, 4.69) is 0 Å². The molecule has 1 rings (SSSR count). The summed E-state index contributed by atoms with van der Waals surface area (Å²) in [4.78, 5) is 22.8. The van der Waals surface area contributed by atoms with Gasteiger partial charge in [-0.15, -0.1) is 0 Å². The van der Waals surface area contributed by atoms with E-state index >= 15 is 0 Å². The fourth-order valence-electron chi connectivity index (χ4n) is 1.72. The maximum absolute atomic E-state index is 10.7. The lowest BCUT2D eigenvalue weighted by atomic mass is 10.2. The molecule has 0 spiro atoms. The monoisotopic (exact) mass is 281 g/mol. The molecule has 20 heavy (non-hydrogen) atoms. The number of benzene rings is 1. The Labute approximate surface area is 117 Å². The molecule has 0 unspecified atom stereocenters. The molecule has 2 N–H and O–H groups in total. The van der Waals surface area contributed by atoms with E-state index in [-0.39, 0.29) is 19.6 Å². The SMILES string of the molecule is CCCOc1ccc(CN(CC(=O)O)CC(=O)O)cc1.